The summed E-state index contributed by atoms with van der Waals surface area (Å²) in [6.45, 7) is 10.3. The van der Waals surface area contributed by atoms with Crippen molar-refractivity contribution >= 4 is 19.8 Å². The number of hydrogen-bond acceptors (Lipinski definition) is 1. The van der Waals surface area contributed by atoms with Gasteiger partial charge in [-0.1, -0.05) is 6.08 Å². The first-order valence-corrected chi connectivity index (χ1v) is 13.4. The Balaban J connectivity index is 0. The molecule has 2 heteroatoms. The van der Waals surface area contributed by atoms with Crippen molar-refractivity contribution in [1.29, 1.82) is 0 Å². The van der Waals surface area contributed by atoms with Gasteiger partial charge in [0.25, 0.3) is 0 Å². The Labute approximate surface area is 116 Å². The maximum absolute atomic E-state index is 7.76. The molecule has 0 heterocycles. The molecule has 0 amide bonds. The van der Waals surface area contributed by atoms with Crippen LogP contribution in [0.1, 0.15) is 59.3 Å². The van der Waals surface area contributed by atoms with Crippen molar-refractivity contribution in [2.45, 2.75) is 72.6 Å². The van der Waals surface area contributed by atoms with Crippen molar-refractivity contribution in [1.82, 2.24) is 0 Å². The molecular weight excluding hydrogens is 315 g/mol. The standard InChI is InChI=1S/3C4H9.C3H6O.Sn/c3*1-3-4-2;1-2-3-4;/h3*1,3-4H2,2H3;2,4H,1,3H2;. The molecule has 0 spiro atoms. The summed E-state index contributed by atoms with van der Waals surface area (Å²) in [5.41, 5.74) is 0. The molecule has 0 unspecified atom stereocenters. The first kappa shape index (κ1) is 19.8. The second-order valence-electron chi connectivity index (χ2n) is 4.53. The molecule has 0 aromatic heterocycles. The Bertz CT molecular complexity index is 118. The fraction of sp³-hybridized carbons (Fsp3) is 0.867. The average molecular weight is 348 g/mol. The minimum absolute atomic E-state index is 0.0833. The Morgan fingerprint density at radius 2 is 1.18 bits per heavy atom. The quantitative estimate of drug-likeness (QED) is 0.433. The zero-order valence-corrected chi connectivity index (χ0v) is 15.2. The summed E-state index contributed by atoms with van der Waals surface area (Å²) in [5, 5.41) is 7.76. The topological polar surface area (TPSA) is 20.2 Å². The van der Waals surface area contributed by atoms with Gasteiger partial charge < -0.3 is 5.11 Å². The van der Waals surface area contributed by atoms with Gasteiger partial charge in [-0.3, -0.25) is 0 Å². The van der Waals surface area contributed by atoms with Gasteiger partial charge in [0.05, 0.1) is 6.61 Å². The third kappa shape index (κ3) is 19.0. The van der Waals surface area contributed by atoms with Gasteiger partial charge in [-0.05, 0) is 0 Å². The van der Waals surface area contributed by atoms with Crippen LogP contribution >= 0.6 is 0 Å². The zero-order valence-electron chi connectivity index (χ0n) is 12.3. The van der Waals surface area contributed by atoms with E-state index >= 15 is 0 Å². The van der Waals surface area contributed by atoms with Crippen molar-refractivity contribution in [2.24, 2.45) is 0 Å². The van der Waals surface area contributed by atoms with Gasteiger partial charge in [0.2, 0.25) is 0 Å². The summed E-state index contributed by atoms with van der Waals surface area (Å²) >= 11 is -0.839. The van der Waals surface area contributed by atoms with E-state index in [9.17, 15) is 0 Å². The molecule has 1 nitrogen and oxygen atoms in total. The first-order valence-electron chi connectivity index (χ1n) is 7.31. The number of unbranched alkanes of at least 4 members (excludes halogenated alkanes) is 3. The summed E-state index contributed by atoms with van der Waals surface area (Å²) in [5.74, 6) is 0. The van der Waals surface area contributed by atoms with Gasteiger partial charge >= 0.3 is 92.4 Å². The Kier molecular flexibility index (Phi) is 22.0. The second-order valence-corrected chi connectivity index (χ2v) is 13.1. The van der Waals surface area contributed by atoms with Crippen LogP contribution in [-0.4, -0.2) is 31.5 Å². The van der Waals surface area contributed by atoms with Crippen LogP contribution in [0.4, 0.5) is 0 Å². The van der Waals surface area contributed by atoms with E-state index in [4.69, 9.17) is 5.11 Å². The Morgan fingerprint density at radius 1 is 0.882 bits per heavy atom. The van der Waals surface area contributed by atoms with Gasteiger partial charge in [0, 0.05) is 0 Å². The summed E-state index contributed by atoms with van der Waals surface area (Å²) in [7, 11) is 0. The molecule has 103 valence electrons. The maximum atomic E-state index is 7.76. The van der Waals surface area contributed by atoms with E-state index in [1.54, 1.807) is 13.3 Å². The van der Waals surface area contributed by atoms with Crippen LogP contribution in [0.15, 0.2) is 12.7 Å². The first-order chi connectivity index (χ1) is 8.26. The molecule has 0 saturated carbocycles. The predicted octanol–water partition coefficient (Wildman–Crippen LogP) is 5.05. The van der Waals surface area contributed by atoms with Crippen LogP contribution in [0.2, 0.25) is 13.3 Å². The van der Waals surface area contributed by atoms with Crippen LogP contribution in [0.3, 0.4) is 0 Å². The third-order valence-corrected chi connectivity index (χ3v) is 11.9. The zero-order chi connectivity index (χ0) is 13.4. The fourth-order valence-corrected chi connectivity index (χ4v) is 11.1. The van der Waals surface area contributed by atoms with E-state index < -0.39 is 19.8 Å². The summed E-state index contributed by atoms with van der Waals surface area (Å²) < 4.78 is 5.04. The van der Waals surface area contributed by atoms with Crippen molar-refractivity contribution in [3.63, 3.8) is 0 Å². The molecule has 0 rings (SSSR count). The van der Waals surface area contributed by atoms with E-state index in [0.717, 1.165) is 0 Å². The molecule has 0 bridgehead atoms. The average Bonchev–Trinajstić information content (AvgIpc) is 2.38. The van der Waals surface area contributed by atoms with Gasteiger partial charge in [0.15, 0.2) is 0 Å². The van der Waals surface area contributed by atoms with Crippen molar-refractivity contribution in [3.8, 4) is 0 Å². The molecule has 0 fully saturated rings. The Hall–Kier alpha value is 0.499. The van der Waals surface area contributed by atoms with Crippen molar-refractivity contribution < 1.29 is 5.11 Å². The van der Waals surface area contributed by atoms with Crippen molar-refractivity contribution in [2.75, 3.05) is 6.61 Å². The predicted molar refractivity (Wildman–Crippen MR) is 82.2 cm³/mol. The van der Waals surface area contributed by atoms with Crippen LogP contribution < -0.4 is 0 Å². The fourth-order valence-electron chi connectivity index (χ4n) is 1.66. The van der Waals surface area contributed by atoms with Crippen LogP contribution in [-0.2, 0) is 0 Å². The van der Waals surface area contributed by atoms with E-state index in [1.807, 2.05) is 0 Å². The molecule has 0 aromatic carbocycles. The second kappa shape index (κ2) is 18.9. The molecule has 0 atom stereocenters. The van der Waals surface area contributed by atoms with Crippen molar-refractivity contribution in [3.05, 3.63) is 12.7 Å². The SMILES string of the molecule is C=CCO.CCC[CH2][Sn]([CH2]CCC)[CH2]CCC. The summed E-state index contributed by atoms with van der Waals surface area (Å²) in [4.78, 5) is 0. The van der Waals surface area contributed by atoms with Crippen LogP contribution in [0.25, 0.3) is 0 Å². The monoisotopic (exact) mass is 349 g/mol. The van der Waals surface area contributed by atoms with Crippen LogP contribution in [0, 0.1) is 0 Å². The number of hydrogen-bond donors (Lipinski definition) is 1. The molecule has 0 aliphatic rings. The number of aliphatic hydroxyl groups excluding tert-OH is 1. The normalized spacial score (nSPS) is 9.94. The number of rotatable bonds is 10. The van der Waals surface area contributed by atoms with Crippen LogP contribution in [0.5, 0.6) is 0 Å². The third-order valence-electron chi connectivity index (χ3n) is 2.78. The van der Waals surface area contributed by atoms with Gasteiger partial charge in [0.1, 0.15) is 0 Å². The van der Waals surface area contributed by atoms with E-state index in [2.05, 4.69) is 27.4 Å². The number of aliphatic hydroxyl groups is 1. The summed E-state index contributed by atoms with van der Waals surface area (Å²) in [6.07, 6.45) is 10.3. The molecule has 1 N–H and O–H groups in total. The molecular formula is C15H33OSn. The molecule has 0 aromatic rings. The van der Waals surface area contributed by atoms with Gasteiger partial charge in [-0.25, -0.2) is 0 Å². The van der Waals surface area contributed by atoms with E-state index in [1.165, 1.54) is 44.6 Å². The molecule has 1 radical (unpaired) electrons. The van der Waals surface area contributed by atoms with Gasteiger partial charge in [-0.15, -0.1) is 6.58 Å². The summed E-state index contributed by atoms with van der Waals surface area (Å²) in [6, 6.07) is 0. The molecule has 0 aliphatic heterocycles. The molecule has 17 heavy (non-hydrogen) atoms. The molecule has 0 aliphatic carbocycles. The van der Waals surface area contributed by atoms with E-state index in [0.29, 0.717) is 0 Å². The molecule has 0 saturated heterocycles. The van der Waals surface area contributed by atoms with Gasteiger partial charge in [-0.2, -0.15) is 0 Å². The minimum atomic E-state index is -0.839. The Morgan fingerprint density at radius 3 is 1.35 bits per heavy atom. The van der Waals surface area contributed by atoms with E-state index in [-0.39, 0.29) is 6.61 Å².